The van der Waals surface area contributed by atoms with Crippen LogP contribution in [-0.2, 0) is 26.2 Å². The molecule has 0 N–H and O–H groups in total. The molecule has 1 saturated heterocycles. The molecule has 1 aromatic rings. The van der Waals surface area contributed by atoms with E-state index in [9.17, 15) is 9.59 Å². The number of esters is 2. The van der Waals surface area contributed by atoms with Crippen molar-refractivity contribution < 1.29 is 14.3 Å². The van der Waals surface area contributed by atoms with Gasteiger partial charge >= 0.3 is 11.9 Å². The third-order valence-corrected chi connectivity index (χ3v) is 3.49. The Labute approximate surface area is 107 Å². The molecule has 0 bridgehead atoms. The van der Waals surface area contributed by atoms with Gasteiger partial charge in [0, 0.05) is 5.41 Å². The number of carbonyl (C=O) groups excluding carboxylic acids is 2. The van der Waals surface area contributed by atoms with Crippen LogP contribution in [0, 0.1) is 0 Å². The third kappa shape index (κ3) is 2.61. The van der Waals surface area contributed by atoms with Crippen molar-refractivity contribution in [2.24, 2.45) is 0 Å². The van der Waals surface area contributed by atoms with Crippen molar-refractivity contribution >= 4 is 11.9 Å². The van der Waals surface area contributed by atoms with E-state index in [4.69, 9.17) is 0 Å². The molecule has 1 heterocycles. The molecular formula is C15H18O3. The molecule has 3 heteroatoms. The number of hydrogen-bond acceptors (Lipinski definition) is 3. The average Bonchev–Trinajstić information content (AvgIpc) is 2.28. The van der Waals surface area contributed by atoms with E-state index in [1.807, 2.05) is 19.1 Å². The van der Waals surface area contributed by atoms with Crippen LogP contribution >= 0.6 is 0 Å². The zero-order chi connectivity index (χ0) is 13.2. The first-order valence-corrected chi connectivity index (χ1v) is 6.36. The van der Waals surface area contributed by atoms with Gasteiger partial charge in [0.05, 0.1) is 12.8 Å². The van der Waals surface area contributed by atoms with E-state index in [0.717, 1.165) is 18.4 Å². The van der Waals surface area contributed by atoms with Crippen LogP contribution in [0.5, 0.6) is 0 Å². The predicted octanol–water partition coefficient (Wildman–Crippen LogP) is 2.76. The van der Waals surface area contributed by atoms with Gasteiger partial charge in [-0.05, 0) is 17.5 Å². The van der Waals surface area contributed by atoms with Crippen LogP contribution in [-0.4, -0.2) is 11.9 Å². The van der Waals surface area contributed by atoms with Gasteiger partial charge in [-0.15, -0.1) is 0 Å². The Morgan fingerprint density at radius 1 is 1.11 bits per heavy atom. The molecule has 0 radical (unpaired) electrons. The largest absolute Gasteiger partial charge is 0.393 e. The number of benzene rings is 1. The van der Waals surface area contributed by atoms with E-state index in [1.54, 1.807) is 0 Å². The SMILES string of the molecule is CCCc1ccc(C2(C)CC(=O)OC(=O)C2)cc1. The van der Waals surface area contributed by atoms with Gasteiger partial charge in [0.2, 0.25) is 0 Å². The quantitative estimate of drug-likeness (QED) is 0.608. The second-order valence-electron chi connectivity index (χ2n) is 5.21. The van der Waals surface area contributed by atoms with Gasteiger partial charge in [-0.3, -0.25) is 9.59 Å². The first-order chi connectivity index (χ1) is 8.53. The van der Waals surface area contributed by atoms with E-state index in [1.165, 1.54) is 5.56 Å². The summed E-state index contributed by atoms with van der Waals surface area (Å²) in [5.74, 6) is -0.849. The van der Waals surface area contributed by atoms with Crippen LogP contribution in [0.15, 0.2) is 24.3 Å². The third-order valence-electron chi connectivity index (χ3n) is 3.49. The summed E-state index contributed by atoms with van der Waals surface area (Å²) in [6.07, 6.45) is 2.71. The minimum atomic E-state index is -0.425. The van der Waals surface area contributed by atoms with E-state index in [0.29, 0.717) is 0 Å². The molecular weight excluding hydrogens is 228 g/mol. The number of carbonyl (C=O) groups is 2. The summed E-state index contributed by atoms with van der Waals surface area (Å²) in [6, 6.07) is 8.21. The summed E-state index contributed by atoms with van der Waals surface area (Å²) in [4.78, 5) is 22.8. The lowest BCUT2D eigenvalue weighted by atomic mass is 9.75. The van der Waals surface area contributed by atoms with Gasteiger partial charge in [0.15, 0.2) is 0 Å². The van der Waals surface area contributed by atoms with Gasteiger partial charge in [0.25, 0.3) is 0 Å². The maximum Gasteiger partial charge on any atom is 0.314 e. The minimum Gasteiger partial charge on any atom is -0.393 e. The summed E-state index contributed by atoms with van der Waals surface area (Å²) in [6.45, 7) is 4.09. The Balaban J connectivity index is 2.23. The van der Waals surface area contributed by atoms with Crippen LogP contribution in [0.25, 0.3) is 0 Å². The van der Waals surface area contributed by atoms with Crippen LogP contribution in [0.2, 0.25) is 0 Å². The Bertz CT molecular complexity index is 443. The molecule has 0 unspecified atom stereocenters. The molecule has 0 saturated carbocycles. The Kier molecular flexibility index (Phi) is 3.50. The van der Waals surface area contributed by atoms with E-state index in [2.05, 4.69) is 23.8 Å². The van der Waals surface area contributed by atoms with Crippen LogP contribution < -0.4 is 0 Å². The molecule has 96 valence electrons. The fraction of sp³-hybridized carbons (Fsp3) is 0.467. The molecule has 1 aliphatic heterocycles. The minimum absolute atomic E-state index is 0.270. The highest BCUT2D eigenvalue weighted by atomic mass is 16.6. The second kappa shape index (κ2) is 4.92. The Hall–Kier alpha value is -1.64. The van der Waals surface area contributed by atoms with E-state index >= 15 is 0 Å². The molecule has 0 atom stereocenters. The average molecular weight is 246 g/mol. The van der Waals surface area contributed by atoms with Crippen molar-refractivity contribution in [1.29, 1.82) is 0 Å². The summed E-state index contributed by atoms with van der Waals surface area (Å²) in [7, 11) is 0. The maximum atomic E-state index is 11.4. The molecule has 1 fully saturated rings. The normalized spacial score (nSPS) is 18.6. The van der Waals surface area contributed by atoms with Gasteiger partial charge < -0.3 is 4.74 Å². The molecule has 0 aromatic heterocycles. The van der Waals surface area contributed by atoms with Crippen molar-refractivity contribution in [3.63, 3.8) is 0 Å². The number of hydrogen-bond donors (Lipinski definition) is 0. The lowest BCUT2D eigenvalue weighted by Crippen LogP contribution is -2.36. The van der Waals surface area contributed by atoms with Crippen LogP contribution in [0.1, 0.15) is 44.2 Å². The predicted molar refractivity (Wildman–Crippen MR) is 68.1 cm³/mol. The smallest absolute Gasteiger partial charge is 0.314 e. The monoisotopic (exact) mass is 246 g/mol. The van der Waals surface area contributed by atoms with Gasteiger partial charge in [0.1, 0.15) is 0 Å². The zero-order valence-electron chi connectivity index (χ0n) is 10.9. The highest BCUT2D eigenvalue weighted by molar-refractivity contribution is 5.90. The fourth-order valence-electron chi connectivity index (χ4n) is 2.47. The number of cyclic esters (lactones) is 2. The number of ether oxygens (including phenoxy) is 1. The first-order valence-electron chi connectivity index (χ1n) is 6.36. The summed E-state index contributed by atoms with van der Waals surface area (Å²) >= 11 is 0. The van der Waals surface area contributed by atoms with Crippen LogP contribution in [0.4, 0.5) is 0 Å². The molecule has 1 aliphatic rings. The molecule has 1 aromatic carbocycles. The summed E-state index contributed by atoms with van der Waals surface area (Å²) in [5.41, 5.74) is 1.90. The topological polar surface area (TPSA) is 43.4 Å². The number of rotatable bonds is 3. The second-order valence-corrected chi connectivity index (χ2v) is 5.21. The Morgan fingerprint density at radius 2 is 1.67 bits per heavy atom. The van der Waals surface area contributed by atoms with Crippen molar-refractivity contribution in [3.05, 3.63) is 35.4 Å². The fourth-order valence-corrected chi connectivity index (χ4v) is 2.47. The molecule has 0 amide bonds. The van der Waals surface area contributed by atoms with Gasteiger partial charge in [-0.2, -0.15) is 0 Å². The number of aryl methyl sites for hydroxylation is 1. The van der Waals surface area contributed by atoms with Crippen molar-refractivity contribution in [2.75, 3.05) is 0 Å². The lowest BCUT2D eigenvalue weighted by molar-refractivity contribution is -0.166. The van der Waals surface area contributed by atoms with E-state index < -0.39 is 17.4 Å². The maximum absolute atomic E-state index is 11.4. The lowest BCUT2D eigenvalue weighted by Gasteiger charge is -2.31. The van der Waals surface area contributed by atoms with Crippen LogP contribution in [0.3, 0.4) is 0 Å². The Morgan fingerprint density at radius 3 is 2.17 bits per heavy atom. The summed E-state index contributed by atoms with van der Waals surface area (Å²) in [5, 5.41) is 0. The molecule has 0 aliphatic carbocycles. The van der Waals surface area contributed by atoms with E-state index in [-0.39, 0.29) is 12.8 Å². The van der Waals surface area contributed by atoms with Gasteiger partial charge in [-0.1, -0.05) is 44.5 Å². The molecule has 0 spiro atoms. The highest BCUT2D eigenvalue weighted by Crippen LogP contribution is 2.35. The summed E-state index contributed by atoms with van der Waals surface area (Å²) < 4.78 is 4.59. The van der Waals surface area contributed by atoms with Crippen molar-refractivity contribution in [1.82, 2.24) is 0 Å². The van der Waals surface area contributed by atoms with Gasteiger partial charge in [-0.25, -0.2) is 0 Å². The van der Waals surface area contributed by atoms with Crippen molar-refractivity contribution in [3.8, 4) is 0 Å². The first kappa shape index (κ1) is 12.8. The zero-order valence-corrected chi connectivity index (χ0v) is 10.9. The molecule has 2 rings (SSSR count). The van der Waals surface area contributed by atoms with Crippen molar-refractivity contribution in [2.45, 2.75) is 44.9 Å². The highest BCUT2D eigenvalue weighted by Gasteiger charge is 2.38. The standard InChI is InChI=1S/C15H18O3/c1-3-4-11-5-7-12(8-6-11)15(2)9-13(16)18-14(17)10-15/h5-8H,3-4,9-10H2,1-2H3. The molecule has 18 heavy (non-hydrogen) atoms. The molecule has 3 nitrogen and oxygen atoms in total.